The summed E-state index contributed by atoms with van der Waals surface area (Å²) >= 11 is 12.3. The van der Waals surface area contributed by atoms with Gasteiger partial charge >= 0.3 is 6.09 Å². The van der Waals surface area contributed by atoms with Crippen LogP contribution in [0.15, 0.2) is 30.7 Å². The van der Waals surface area contributed by atoms with Gasteiger partial charge in [-0.15, -0.1) is 0 Å². The number of unbranched alkanes of at least 4 members (excludes halogenated alkanes) is 1. The molecule has 194 valence electrons. The van der Waals surface area contributed by atoms with Gasteiger partial charge in [-0.05, 0) is 42.7 Å². The van der Waals surface area contributed by atoms with E-state index >= 15 is 0 Å². The molecule has 0 bridgehead atoms. The predicted octanol–water partition coefficient (Wildman–Crippen LogP) is 4.96. The van der Waals surface area contributed by atoms with Crippen molar-refractivity contribution in [1.29, 1.82) is 0 Å². The molecule has 36 heavy (non-hydrogen) atoms. The van der Waals surface area contributed by atoms with E-state index in [1.165, 1.54) is 12.3 Å². The number of halogens is 2. The summed E-state index contributed by atoms with van der Waals surface area (Å²) in [5.74, 6) is -1.27. The van der Waals surface area contributed by atoms with Crippen molar-refractivity contribution in [2.45, 2.75) is 59.1 Å². The molecular weight excluding hydrogens is 507 g/mol. The molecule has 2 heterocycles. The van der Waals surface area contributed by atoms with E-state index < -0.39 is 23.9 Å². The molecule has 0 aliphatic heterocycles. The van der Waals surface area contributed by atoms with Crippen LogP contribution in [0.3, 0.4) is 0 Å². The van der Waals surface area contributed by atoms with Crippen LogP contribution in [0.1, 0.15) is 46.5 Å². The quantitative estimate of drug-likeness (QED) is 0.233. The fraction of sp³-hybridized carbons (Fsp3) is 0.458. The van der Waals surface area contributed by atoms with Gasteiger partial charge < -0.3 is 20.4 Å². The molecule has 0 aliphatic carbocycles. The smallest absolute Gasteiger partial charge is 0.405 e. The minimum atomic E-state index is -1.26. The number of anilines is 1. The molecule has 0 radical (unpaired) electrons. The first-order valence-corrected chi connectivity index (χ1v) is 12.3. The highest BCUT2D eigenvalue weighted by Gasteiger charge is 2.29. The molecule has 4 N–H and O–H groups in total. The Labute approximate surface area is 218 Å². The summed E-state index contributed by atoms with van der Waals surface area (Å²) in [5, 5.41) is 9.55. The zero-order valence-electron chi connectivity index (χ0n) is 20.4. The molecule has 0 spiro atoms. The number of primary amides is 1. The van der Waals surface area contributed by atoms with Gasteiger partial charge in [-0.1, -0.05) is 50.4 Å². The van der Waals surface area contributed by atoms with Crippen LogP contribution in [-0.2, 0) is 20.9 Å². The lowest BCUT2D eigenvalue weighted by Gasteiger charge is -2.31. The number of nitrogens with two attached hydrogens (primary N) is 1. The molecule has 0 aliphatic rings. The second-order valence-electron chi connectivity index (χ2n) is 9.71. The monoisotopic (exact) mass is 536 g/mol. The molecule has 12 heteroatoms. The van der Waals surface area contributed by atoms with E-state index in [2.05, 4.69) is 45.8 Å². The number of imidazole rings is 1. The molecule has 0 saturated carbocycles. The van der Waals surface area contributed by atoms with E-state index in [4.69, 9.17) is 33.7 Å². The highest BCUT2D eigenvalue weighted by molar-refractivity contribution is 6.43. The van der Waals surface area contributed by atoms with E-state index in [1.54, 1.807) is 12.4 Å². The second kappa shape index (κ2) is 11.7. The van der Waals surface area contributed by atoms with E-state index in [1.807, 2.05) is 6.07 Å². The Hall–Kier alpha value is -3.11. The zero-order valence-corrected chi connectivity index (χ0v) is 21.9. The third kappa shape index (κ3) is 7.20. The molecule has 0 saturated heterocycles. The summed E-state index contributed by atoms with van der Waals surface area (Å²) in [7, 11) is 0. The first-order chi connectivity index (χ1) is 17.0. The molecular formula is C24H30Cl2N6O4. The SMILES string of the molecule is CC(C)(C)[C@H](CCCC[C@H](OC(N)=O)C(=O)C(=O)Nc1ccn[nH]1)Cn1cnc2cc(Cl)c(Cl)cc21. The van der Waals surface area contributed by atoms with Crippen LogP contribution in [-0.4, -0.2) is 43.6 Å². The maximum absolute atomic E-state index is 12.6. The van der Waals surface area contributed by atoms with E-state index in [-0.39, 0.29) is 23.6 Å². The normalized spacial score (nSPS) is 13.4. The lowest BCUT2D eigenvalue weighted by molar-refractivity contribution is -0.140. The van der Waals surface area contributed by atoms with Crippen LogP contribution in [0.5, 0.6) is 0 Å². The Morgan fingerprint density at radius 3 is 2.50 bits per heavy atom. The van der Waals surface area contributed by atoms with Gasteiger partial charge in [0, 0.05) is 12.6 Å². The van der Waals surface area contributed by atoms with Crippen molar-refractivity contribution >= 4 is 57.8 Å². The van der Waals surface area contributed by atoms with E-state index in [9.17, 15) is 14.4 Å². The van der Waals surface area contributed by atoms with Crippen molar-refractivity contribution in [2.75, 3.05) is 5.32 Å². The number of ketones is 1. The summed E-state index contributed by atoms with van der Waals surface area (Å²) < 4.78 is 7.01. The van der Waals surface area contributed by atoms with Crippen molar-refractivity contribution in [3.8, 4) is 0 Å². The molecule has 2 atom stereocenters. The third-order valence-electron chi connectivity index (χ3n) is 6.10. The number of hydrogen-bond acceptors (Lipinski definition) is 6. The van der Waals surface area contributed by atoms with E-state index in [0.717, 1.165) is 23.9 Å². The fourth-order valence-corrected chi connectivity index (χ4v) is 4.31. The summed E-state index contributed by atoms with van der Waals surface area (Å²) in [4.78, 5) is 40.6. The van der Waals surface area contributed by atoms with Gasteiger partial charge in [0.05, 0.1) is 33.6 Å². The van der Waals surface area contributed by atoms with Crippen molar-refractivity contribution in [3.63, 3.8) is 0 Å². The number of rotatable bonds is 11. The fourth-order valence-electron chi connectivity index (χ4n) is 3.99. The number of H-pyrrole nitrogens is 1. The number of aromatic nitrogens is 4. The van der Waals surface area contributed by atoms with Gasteiger partial charge in [-0.25, -0.2) is 9.78 Å². The standard InChI is InChI=1S/C24H30Cl2N6O4/c1-24(2,3)14(12-32-13-28-17-10-15(25)16(26)11-18(17)32)6-4-5-7-19(36-23(27)35)21(33)22(34)30-20-8-9-29-31-20/h8-11,13-14,19H,4-7,12H2,1-3H3,(H2,27,35)(H2,29,30,31,34)/t14-,19+/m1/s1. The molecule has 2 aromatic heterocycles. The number of nitrogens with one attached hydrogen (secondary N) is 2. The lowest BCUT2D eigenvalue weighted by atomic mass is 9.77. The number of hydrogen-bond donors (Lipinski definition) is 3. The van der Waals surface area contributed by atoms with Crippen LogP contribution < -0.4 is 11.1 Å². The van der Waals surface area contributed by atoms with Crippen LogP contribution in [0.4, 0.5) is 10.6 Å². The highest BCUT2D eigenvalue weighted by atomic mass is 35.5. The van der Waals surface area contributed by atoms with Crippen molar-refractivity contribution in [1.82, 2.24) is 19.7 Å². The van der Waals surface area contributed by atoms with Crippen LogP contribution in [0.2, 0.25) is 10.0 Å². The third-order valence-corrected chi connectivity index (χ3v) is 6.82. The average molecular weight is 537 g/mol. The molecule has 10 nitrogen and oxygen atoms in total. The van der Waals surface area contributed by atoms with Gasteiger partial charge in [0.15, 0.2) is 6.10 Å². The second-order valence-corrected chi connectivity index (χ2v) is 10.5. The Kier molecular flexibility index (Phi) is 8.97. The summed E-state index contributed by atoms with van der Waals surface area (Å²) in [6, 6.07) is 5.06. The number of carbonyl (C=O) groups excluding carboxylic acids is 3. The number of nitrogens with zero attached hydrogens (tertiary/aromatic N) is 3. The maximum atomic E-state index is 12.6. The molecule has 3 aromatic rings. The lowest BCUT2D eigenvalue weighted by Crippen LogP contribution is -2.37. The van der Waals surface area contributed by atoms with Crippen molar-refractivity contribution in [3.05, 3.63) is 40.8 Å². The maximum Gasteiger partial charge on any atom is 0.405 e. The summed E-state index contributed by atoms with van der Waals surface area (Å²) in [6.07, 6.45) is 3.15. The van der Waals surface area contributed by atoms with Gasteiger partial charge in [-0.2, -0.15) is 5.10 Å². The van der Waals surface area contributed by atoms with Crippen LogP contribution in [0.25, 0.3) is 11.0 Å². The predicted molar refractivity (Wildman–Crippen MR) is 138 cm³/mol. The number of fused-ring (bicyclic) bond motifs is 1. The Morgan fingerprint density at radius 1 is 1.17 bits per heavy atom. The average Bonchev–Trinajstić information content (AvgIpc) is 3.44. The van der Waals surface area contributed by atoms with Gasteiger partial charge in [0.25, 0.3) is 11.7 Å². The van der Waals surface area contributed by atoms with Gasteiger partial charge in [0.2, 0.25) is 0 Å². The Bertz CT molecular complexity index is 1220. The minimum Gasteiger partial charge on any atom is -0.438 e. The first kappa shape index (κ1) is 27.5. The van der Waals surface area contributed by atoms with Crippen molar-refractivity contribution < 1.29 is 19.1 Å². The molecule has 1 aromatic carbocycles. The van der Waals surface area contributed by atoms with E-state index in [0.29, 0.717) is 23.0 Å². The minimum absolute atomic E-state index is 0.0181. The first-order valence-electron chi connectivity index (χ1n) is 11.6. The summed E-state index contributed by atoms with van der Waals surface area (Å²) in [6.45, 7) is 7.22. The van der Waals surface area contributed by atoms with Crippen molar-refractivity contribution in [2.24, 2.45) is 17.1 Å². The number of amides is 2. The number of Topliss-reactive ketones (excluding diaryl/α,β-unsaturated/α-hetero) is 1. The van der Waals surface area contributed by atoms with Gasteiger partial charge in [-0.3, -0.25) is 14.7 Å². The Balaban J connectivity index is 1.61. The zero-order chi connectivity index (χ0) is 26.5. The molecule has 3 rings (SSSR count). The number of aromatic amines is 1. The number of benzene rings is 1. The molecule has 0 unspecified atom stereocenters. The Morgan fingerprint density at radius 2 is 1.86 bits per heavy atom. The largest absolute Gasteiger partial charge is 0.438 e. The number of ether oxygens (including phenoxy) is 1. The summed E-state index contributed by atoms with van der Waals surface area (Å²) in [5.41, 5.74) is 6.79. The molecule has 0 fully saturated rings. The highest BCUT2D eigenvalue weighted by Crippen LogP contribution is 2.34. The van der Waals surface area contributed by atoms with Crippen LogP contribution in [0, 0.1) is 11.3 Å². The van der Waals surface area contributed by atoms with Gasteiger partial charge in [0.1, 0.15) is 5.82 Å². The molecule has 2 amide bonds. The number of carbonyl (C=O) groups is 3. The van der Waals surface area contributed by atoms with Crippen LogP contribution >= 0.6 is 23.2 Å². The topological polar surface area (TPSA) is 145 Å².